The van der Waals surface area contributed by atoms with Crippen LogP contribution >= 0.6 is 0 Å². The molecule has 0 amide bonds. The summed E-state index contributed by atoms with van der Waals surface area (Å²) in [5.74, 6) is -0.668. The quantitative estimate of drug-likeness (QED) is 0.454. The van der Waals surface area contributed by atoms with Crippen molar-refractivity contribution in [2.24, 2.45) is 0 Å². The zero-order chi connectivity index (χ0) is 10.3. The number of ether oxygens (including phenoxy) is 1. The molecule has 0 spiro atoms. The van der Waals surface area contributed by atoms with E-state index in [9.17, 15) is 4.79 Å². The van der Waals surface area contributed by atoms with Crippen molar-refractivity contribution in [3.8, 4) is 0 Å². The number of aromatic nitrogens is 1. The number of nitrogens with zero attached hydrogens (tertiary/aromatic N) is 1. The van der Waals surface area contributed by atoms with Crippen LogP contribution in [0.5, 0.6) is 0 Å². The summed E-state index contributed by atoms with van der Waals surface area (Å²) >= 11 is 0. The van der Waals surface area contributed by atoms with Crippen LogP contribution in [0.1, 0.15) is 11.9 Å². The third-order valence-corrected chi connectivity index (χ3v) is 0.779. The molecular weight excluding hydrogens is 161 g/mol. The number of hydrogen-bond acceptors (Lipinski definition) is 5. The Morgan fingerprint density at radius 1 is 1.92 bits per heavy atom. The Kier molecular flexibility index (Phi) is 4.51. The van der Waals surface area contributed by atoms with Gasteiger partial charge in [0.2, 0.25) is 5.76 Å². The van der Waals surface area contributed by atoms with Gasteiger partial charge < -0.3 is 9.26 Å². The van der Waals surface area contributed by atoms with E-state index in [2.05, 4.69) is 14.4 Å². The summed E-state index contributed by atoms with van der Waals surface area (Å²) in [5, 5.41) is 3.18. The fourth-order valence-electron chi connectivity index (χ4n) is 0.384. The van der Waals surface area contributed by atoms with Crippen molar-refractivity contribution in [3.63, 3.8) is 0 Å². The van der Waals surface area contributed by atoms with E-state index in [1.165, 1.54) is 20.0 Å². The minimum atomic E-state index is -0.619. The fourth-order valence-corrected chi connectivity index (χ4v) is 0.384. The van der Waals surface area contributed by atoms with Crippen LogP contribution in [0.15, 0.2) is 16.8 Å². The predicted molar refractivity (Wildman–Crippen MR) is 40.1 cm³/mol. The van der Waals surface area contributed by atoms with Gasteiger partial charge in [-0.2, -0.15) is 0 Å². The average Bonchev–Trinajstić information content (AvgIpc) is 2.52. The van der Waals surface area contributed by atoms with Crippen molar-refractivity contribution in [1.29, 1.82) is 0 Å². The van der Waals surface area contributed by atoms with E-state index >= 15 is 0 Å². The topological polar surface area (TPSA) is 69.4 Å². The molecule has 1 heterocycles. The van der Waals surface area contributed by atoms with Crippen LogP contribution in [0, 0.1) is 0 Å². The maximum absolute atomic E-state index is 10.6. The van der Waals surface area contributed by atoms with Crippen molar-refractivity contribution in [2.45, 2.75) is 6.82 Å². The monoisotopic (exact) mass is 170 g/mol. The van der Waals surface area contributed by atoms with Crippen LogP contribution in [0.2, 0.25) is 6.82 Å². The summed E-state index contributed by atoms with van der Waals surface area (Å²) in [6.07, 6.45) is -0.0830. The molecule has 0 N–H and O–H groups in total. The summed E-state index contributed by atoms with van der Waals surface area (Å²) in [4.78, 5) is 10.6. The van der Waals surface area contributed by atoms with Gasteiger partial charge in [0.05, 0.1) is 14.7 Å². The number of carbonyl (C=O) groups excluding carboxylic acids is 1. The average molecular weight is 170 g/mol. The molecule has 0 aliphatic rings. The van der Waals surface area contributed by atoms with E-state index in [0.717, 1.165) is 7.15 Å². The van der Waals surface area contributed by atoms with E-state index in [1.54, 1.807) is 0 Å². The van der Waals surface area contributed by atoms with Gasteiger partial charge in [-0.3, -0.25) is 0 Å². The normalized spacial score (nSPS) is 8.67. The molecule has 0 fully saturated rings. The standard InChI is InChI=1S/C5H5NO3.CH3BO/c1-8-5(7)4-2-3-6-9-4;1-2-3/h2-3H,1H3;1H3/i3D;. The smallest absolute Gasteiger partial charge is 0.376 e. The second-order valence-electron chi connectivity index (χ2n) is 1.55. The van der Waals surface area contributed by atoms with E-state index in [1.807, 2.05) is 0 Å². The first kappa shape index (κ1) is 8.64. The van der Waals surface area contributed by atoms with Crippen molar-refractivity contribution in [3.05, 3.63) is 18.0 Å². The third-order valence-electron chi connectivity index (χ3n) is 0.779. The molecule has 0 saturated carbocycles. The molecule has 1 aromatic rings. The van der Waals surface area contributed by atoms with Crippen LogP contribution in [0.3, 0.4) is 0 Å². The number of rotatable bonds is 1. The van der Waals surface area contributed by atoms with Gasteiger partial charge >= 0.3 is 24.6 Å². The van der Waals surface area contributed by atoms with Gasteiger partial charge in [-0.15, -0.1) is 0 Å². The maximum Gasteiger partial charge on any atom is 0.376 e. The second-order valence-corrected chi connectivity index (χ2v) is 1.55. The first-order valence-corrected chi connectivity index (χ1v) is 3.07. The fraction of sp³-hybridized carbons (Fsp3) is 0.333. The van der Waals surface area contributed by atoms with E-state index in [4.69, 9.17) is 6.08 Å². The zero-order valence-corrected chi connectivity index (χ0v) is 6.73. The minimum Gasteiger partial charge on any atom is -0.463 e. The van der Waals surface area contributed by atoms with Gasteiger partial charge in [-0.05, 0) is 0 Å². The molecule has 6 heteroatoms. The number of hydrogen-bond donors (Lipinski definition) is 0. The van der Waals surface area contributed by atoms with Crippen molar-refractivity contribution < 1.29 is 20.1 Å². The van der Waals surface area contributed by atoms with Gasteiger partial charge in [0.25, 0.3) is 0 Å². The molecule has 0 aliphatic carbocycles. The van der Waals surface area contributed by atoms with Crippen LogP contribution < -0.4 is 0 Å². The third kappa shape index (κ3) is 3.65. The number of carbonyl (C=O) groups is 1. The maximum atomic E-state index is 10.6. The molecule has 1 rings (SSSR count). The van der Waals surface area contributed by atoms with Crippen LogP contribution in [0.25, 0.3) is 0 Å². The molecule has 12 heavy (non-hydrogen) atoms. The number of methoxy groups -OCH3 is 1. The Morgan fingerprint density at radius 2 is 2.50 bits per heavy atom. The first-order valence-electron chi connectivity index (χ1n) is 3.57. The largest absolute Gasteiger partial charge is 0.463 e. The Bertz CT molecular complexity index is 288. The van der Waals surface area contributed by atoms with Gasteiger partial charge in [0, 0.05) is 6.07 Å². The molecular formula is C6H8BNO4. The Morgan fingerprint density at radius 3 is 2.83 bits per heavy atom. The summed E-state index contributed by atoms with van der Waals surface area (Å²) in [5.41, 5.74) is 0. The van der Waals surface area contributed by atoms with Gasteiger partial charge in [0.15, 0.2) is 0 Å². The molecule has 0 aromatic carbocycles. The molecule has 0 saturated heterocycles. The van der Waals surface area contributed by atoms with Gasteiger partial charge in [-0.25, -0.2) is 4.79 Å². The van der Waals surface area contributed by atoms with Crippen LogP contribution in [-0.2, 0) is 9.44 Å². The Labute approximate surface area is 71.3 Å². The van der Waals surface area contributed by atoms with E-state index in [0.29, 0.717) is 0 Å². The van der Waals surface area contributed by atoms with E-state index < -0.39 is 5.97 Å². The molecule has 0 radical (unpaired) electrons. The molecule has 0 unspecified atom stereocenters. The molecule has 64 valence electrons. The second kappa shape index (κ2) is 6.27. The Hall–Kier alpha value is -1.46. The molecule has 1 aromatic heterocycles. The van der Waals surface area contributed by atoms with Crippen molar-refractivity contribution in [2.75, 3.05) is 7.11 Å². The van der Waals surface area contributed by atoms with Crippen LogP contribution in [-0.4, -0.2) is 25.4 Å². The summed E-state index contributed by atoms with van der Waals surface area (Å²) < 4.78 is 24.4. The van der Waals surface area contributed by atoms with Gasteiger partial charge in [-0.1, -0.05) is 5.16 Å². The Balaban J connectivity index is 0.000000424. The van der Waals surface area contributed by atoms with Gasteiger partial charge in [0.1, 0.15) is 0 Å². The molecule has 0 atom stereocenters. The van der Waals surface area contributed by atoms with E-state index in [-0.39, 0.29) is 11.9 Å². The van der Waals surface area contributed by atoms with Crippen molar-refractivity contribution in [1.82, 2.24) is 5.16 Å². The molecule has 5 nitrogen and oxygen atoms in total. The SMILES string of the molecule is CB=O.[2H]c1cc(C(=O)OC)on1. The van der Waals surface area contributed by atoms with Crippen molar-refractivity contribution >= 4 is 13.1 Å². The minimum absolute atomic E-state index is 0.0486. The zero-order valence-electron chi connectivity index (χ0n) is 7.73. The number of esters is 1. The first-order chi connectivity index (χ1) is 6.15. The summed E-state index contributed by atoms with van der Waals surface area (Å²) in [6.45, 7) is 1.44. The summed E-state index contributed by atoms with van der Waals surface area (Å²) in [7, 11) is 1.98. The molecule has 0 aliphatic heterocycles. The summed E-state index contributed by atoms with van der Waals surface area (Å²) in [6, 6.07) is 1.19. The van der Waals surface area contributed by atoms with Crippen LogP contribution in [0.4, 0.5) is 0 Å². The molecule has 0 bridgehead atoms. The predicted octanol–water partition coefficient (Wildman–Crippen LogP) is 0.545.